The number of amides is 1. The van der Waals surface area contributed by atoms with Crippen LogP contribution in [0.5, 0.6) is 0 Å². The highest BCUT2D eigenvalue weighted by molar-refractivity contribution is 7.88. The number of rotatable bonds is 4. The van der Waals surface area contributed by atoms with E-state index in [0.29, 0.717) is 13.1 Å². The fourth-order valence-electron chi connectivity index (χ4n) is 1.40. The molecule has 94 valence electrons. The van der Waals surface area contributed by atoms with Crippen LogP contribution >= 0.6 is 0 Å². The first-order chi connectivity index (χ1) is 7.48. The van der Waals surface area contributed by atoms with Crippen molar-refractivity contribution in [2.45, 2.75) is 12.1 Å². The van der Waals surface area contributed by atoms with Gasteiger partial charge in [-0.1, -0.05) is 0 Å². The third-order valence-corrected chi connectivity index (χ3v) is 3.22. The summed E-state index contributed by atoms with van der Waals surface area (Å²) in [5.41, 5.74) is 0. The van der Waals surface area contributed by atoms with Crippen LogP contribution in [0.3, 0.4) is 0 Å². The Labute approximate surface area is 93.9 Å². The normalized spacial score (nSPS) is 25.4. The Morgan fingerprint density at radius 3 is 2.62 bits per heavy atom. The first-order valence-electron chi connectivity index (χ1n) is 4.60. The quantitative estimate of drug-likeness (QED) is 0.544. The lowest BCUT2D eigenvalue weighted by atomic mass is 10.2. The molecule has 0 radical (unpaired) electrons. The highest BCUT2D eigenvalue weighted by Gasteiger charge is 2.31. The van der Waals surface area contributed by atoms with Crippen molar-refractivity contribution in [1.82, 2.24) is 14.8 Å². The van der Waals surface area contributed by atoms with Crippen LogP contribution in [-0.2, 0) is 19.7 Å². The van der Waals surface area contributed by atoms with Crippen molar-refractivity contribution in [3.8, 4) is 0 Å². The van der Waals surface area contributed by atoms with E-state index in [1.807, 2.05) is 0 Å². The molecule has 1 aliphatic rings. The van der Waals surface area contributed by atoms with Gasteiger partial charge in [-0.3, -0.25) is 0 Å². The maximum atomic E-state index is 11.4. The van der Waals surface area contributed by atoms with Gasteiger partial charge in [0.1, 0.15) is 0 Å². The van der Waals surface area contributed by atoms with Crippen LogP contribution < -0.4 is 14.8 Å². The number of carbonyl (C=O) groups excluding carboxylic acids is 1. The zero-order valence-electron chi connectivity index (χ0n) is 9.02. The Morgan fingerprint density at radius 2 is 2.06 bits per heavy atom. The van der Waals surface area contributed by atoms with Gasteiger partial charge < -0.3 is 14.8 Å². The summed E-state index contributed by atoms with van der Waals surface area (Å²) in [5, 5.41) is 2.97. The molecule has 1 fully saturated rings. The molecule has 3 N–H and O–H groups in total. The van der Waals surface area contributed by atoms with Gasteiger partial charge in [-0.25, -0.2) is 9.52 Å². The summed E-state index contributed by atoms with van der Waals surface area (Å²) in [7, 11) is -1.34. The molecule has 1 aliphatic heterocycles. The second kappa shape index (κ2) is 5.43. The molecule has 1 unspecified atom stereocenters. The van der Waals surface area contributed by atoms with Crippen molar-refractivity contribution >= 4 is 16.3 Å². The van der Waals surface area contributed by atoms with Crippen LogP contribution in [0.4, 0.5) is 4.79 Å². The molecular formula is C7H15N3O5S. The van der Waals surface area contributed by atoms with Gasteiger partial charge in [0.2, 0.25) is 0 Å². The van der Waals surface area contributed by atoms with E-state index in [1.54, 1.807) is 4.72 Å². The summed E-state index contributed by atoms with van der Waals surface area (Å²) in [4.78, 5) is 10.8. The zero-order chi connectivity index (χ0) is 12.2. The first-order valence-corrected chi connectivity index (χ1v) is 6.08. The van der Waals surface area contributed by atoms with E-state index in [0.717, 1.165) is 7.11 Å². The van der Waals surface area contributed by atoms with Gasteiger partial charge in [0, 0.05) is 20.2 Å². The summed E-state index contributed by atoms with van der Waals surface area (Å²) in [6.07, 6.45) is -1.29. The smallest absolute Gasteiger partial charge is 0.421 e. The number of hydrogen-bond donors (Lipinski definition) is 3. The van der Waals surface area contributed by atoms with E-state index in [-0.39, 0.29) is 6.10 Å². The second-order valence-corrected chi connectivity index (χ2v) is 4.70. The van der Waals surface area contributed by atoms with Crippen molar-refractivity contribution in [3.05, 3.63) is 0 Å². The Kier molecular flexibility index (Phi) is 4.47. The summed E-state index contributed by atoms with van der Waals surface area (Å²) < 4.78 is 36.1. The minimum absolute atomic E-state index is 0.255. The van der Waals surface area contributed by atoms with Gasteiger partial charge in [-0.05, 0) is 0 Å². The highest BCUT2D eigenvalue weighted by Crippen LogP contribution is 2.04. The van der Waals surface area contributed by atoms with Gasteiger partial charge in [0.15, 0.2) is 0 Å². The van der Waals surface area contributed by atoms with Gasteiger partial charge >= 0.3 is 16.3 Å². The SMILES string of the molecule is COC(=O)NS(=O)(=O)NC1CNC[C@@H]1OC. The first kappa shape index (κ1) is 13.2. The summed E-state index contributed by atoms with van der Waals surface area (Å²) in [5.74, 6) is 0. The highest BCUT2D eigenvalue weighted by atomic mass is 32.2. The molecule has 2 atom stereocenters. The molecule has 1 heterocycles. The van der Waals surface area contributed by atoms with Crippen molar-refractivity contribution in [3.63, 3.8) is 0 Å². The van der Waals surface area contributed by atoms with Crippen LogP contribution in [0.2, 0.25) is 0 Å². The second-order valence-electron chi connectivity index (χ2n) is 3.25. The fourth-order valence-corrected chi connectivity index (χ4v) is 2.40. The number of ether oxygens (including phenoxy) is 2. The minimum Gasteiger partial charge on any atom is -0.452 e. The lowest BCUT2D eigenvalue weighted by molar-refractivity contribution is 0.102. The van der Waals surface area contributed by atoms with Crippen molar-refractivity contribution in [2.75, 3.05) is 27.3 Å². The molecule has 0 aromatic heterocycles. The van der Waals surface area contributed by atoms with E-state index in [9.17, 15) is 13.2 Å². The van der Waals surface area contributed by atoms with Gasteiger partial charge in [-0.2, -0.15) is 13.1 Å². The largest absolute Gasteiger partial charge is 0.452 e. The Balaban J connectivity index is 2.55. The topological polar surface area (TPSA) is 106 Å². The van der Waals surface area contributed by atoms with Crippen LogP contribution in [0, 0.1) is 0 Å². The Bertz CT molecular complexity index is 344. The Hall–Kier alpha value is -0.900. The number of hydrogen-bond acceptors (Lipinski definition) is 6. The predicted octanol–water partition coefficient (Wildman–Crippen LogP) is -1.84. The molecule has 9 heteroatoms. The molecule has 1 saturated heterocycles. The number of methoxy groups -OCH3 is 2. The molecule has 0 spiro atoms. The maximum Gasteiger partial charge on any atom is 0.421 e. The molecular weight excluding hydrogens is 238 g/mol. The molecule has 0 aromatic rings. The molecule has 0 bridgehead atoms. The average molecular weight is 253 g/mol. The number of carbonyl (C=O) groups is 1. The third kappa shape index (κ3) is 3.59. The lowest BCUT2D eigenvalue weighted by Crippen LogP contribution is -2.49. The van der Waals surface area contributed by atoms with Crippen LogP contribution in [0.1, 0.15) is 0 Å². The molecule has 8 nitrogen and oxygen atoms in total. The van der Waals surface area contributed by atoms with Gasteiger partial charge in [0.25, 0.3) is 0 Å². The van der Waals surface area contributed by atoms with Crippen molar-refractivity contribution < 1.29 is 22.7 Å². The maximum absolute atomic E-state index is 11.4. The fraction of sp³-hybridized carbons (Fsp3) is 0.857. The van der Waals surface area contributed by atoms with Crippen LogP contribution in [0.25, 0.3) is 0 Å². The van der Waals surface area contributed by atoms with E-state index >= 15 is 0 Å². The number of nitrogens with one attached hydrogen (secondary N) is 3. The molecule has 1 amide bonds. The van der Waals surface area contributed by atoms with E-state index in [4.69, 9.17) is 4.74 Å². The molecule has 0 aliphatic carbocycles. The summed E-state index contributed by atoms with van der Waals surface area (Å²) >= 11 is 0. The molecule has 0 aromatic carbocycles. The van der Waals surface area contributed by atoms with E-state index in [1.165, 1.54) is 7.11 Å². The minimum atomic E-state index is -3.91. The summed E-state index contributed by atoms with van der Waals surface area (Å²) in [6, 6.07) is -0.410. The lowest BCUT2D eigenvalue weighted by Gasteiger charge is -2.18. The third-order valence-electron chi connectivity index (χ3n) is 2.17. The van der Waals surface area contributed by atoms with E-state index < -0.39 is 22.3 Å². The zero-order valence-corrected chi connectivity index (χ0v) is 9.83. The Morgan fingerprint density at radius 1 is 1.38 bits per heavy atom. The van der Waals surface area contributed by atoms with Crippen LogP contribution in [-0.4, -0.2) is 54.0 Å². The average Bonchev–Trinajstić information content (AvgIpc) is 2.63. The van der Waals surface area contributed by atoms with Gasteiger partial charge in [0.05, 0.1) is 19.3 Å². The van der Waals surface area contributed by atoms with E-state index in [2.05, 4.69) is 14.8 Å². The molecule has 1 rings (SSSR count). The monoisotopic (exact) mass is 253 g/mol. The van der Waals surface area contributed by atoms with Crippen molar-refractivity contribution in [2.24, 2.45) is 0 Å². The standard InChI is InChI=1S/C7H15N3O5S/c1-14-6-4-8-3-5(6)9-16(12,13)10-7(11)15-2/h5-6,8-9H,3-4H2,1-2H3,(H,10,11)/t5?,6-/m0/s1. The van der Waals surface area contributed by atoms with Gasteiger partial charge in [-0.15, -0.1) is 0 Å². The molecule has 0 saturated carbocycles. The van der Waals surface area contributed by atoms with Crippen LogP contribution in [0.15, 0.2) is 0 Å². The van der Waals surface area contributed by atoms with Crippen molar-refractivity contribution in [1.29, 1.82) is 0 Å². The molecule has 16 heavy (non-hydrogen) atoms. The summed E-state index contributed by atoms with van der Waals surface area (Å²) in [6.45, 7) is 1.00. The predicted molar refractivity (Wildman–Crippen MR) is 55.1 cm³/mol.